The van der Waals surface area contributed by atoms with Gasteiger partial charge < -0.3 is 4.90 Å². The number of hydrogen-bond acceptors (Lipinski definition) is 4. The zero-order valence-corrected chi connectivity index (χ0v) is 18.8. The predicted molar refractivity (Wildman–Crippen MR) is 114 cm³/mol. The molecule has 0 atom stereocenters. The summed E-state index contributed by atoms with van der Waals surface area (Å²) < 4.78 is 65.0. The van der Waals surface area contributed by atoms with Crippen LogP contribution in [0.25, 0.3) is 0 Å². The Hall–Kier alpha value is -2.43. The summed E-state index contributed by atoms with van der Waals surface area (Å²) in [5, 5.41) is 0. The zero-order valence-electron chi connectivity index (χ0n) is 18.0. The van der Waals surface area contributed by atoms with Crippen molar-refractivity contribution in [3.8, 4) is 0 Å². The minimum atomic E-state index is -4.38. The molecule has 1 aliphatic heterocycles. The van der Waals surface area contributed by atoms with Gasteiger partial charge in [-0.2, -0.15) is 17.5 Å². The Bertz CT molecular complexity index is 1030. The molecule has 1 aliphatic rings. The standard InChI is InChI=1S/C22H26F3N3O3S/c1-17-3-9-20(10-4-17)32(30,31)28-13-11-27(12-14-28)21(29)16-26(2)15-18-5-7-19(8-6-18)22(23,24)25/h3-10H,11-16H2,1-2H3. The number of aryl methyl sites for hydroxylation is 1. The Morgan fingerprint density at radius 3 is 2.06 bits per heavy atom. The Balaban J connectivity index is 1.51. The molecule has 0 radical (unpaired) electrons. The fraction of sp³-hybridized carbons (Fsp3) is 0.409. The number of nitrogens with zero attached hydrogens (tertiary/aromatic N) is 3. The minimum Gasteiger partial charge on any atom is -0.339 e. The second-order valence-electron chi connectivity index (χ2n) is 7.96. The number of piperazine rings is 1. The average molecular weight is 470 g/mol. The van der Waals surface area contributed by atoms with Gasteiger partial charge in [-0.15, -0.1) is 0 Å². The van der Waals surface area contributed by atoms with E-state index in [0.29, 0.717) is 12.1 Å². The van der Waals surface area contributed by atoms with Crippen molar-refractivity contribution < 1.29 is 26.4 Å². The van der Waals surface area contributed by atoms with E-state index < -0.39 is 21.8 Å². The van der Waals surface area contributed by atoms with Gasteiger partial charge in [0.2, 0.25) is 15.9 Å². The zero-order chi connectivity index (χ0) is 23.5. The summed E-state index contributed by atoms with van der Waals surface area (Å²) in [6.07, 6.45) is -4.38. The summed E-state index contributed by atoms with van der Waals surface area (Å²) in [4.78, 5) is 16.2. The van der Waals surface area contributed by atoms with Crippen molar-refractivity contribution in [2.45, 2.75) is 24.5 Å². The van der Waals surface area contributed by atoms with Crippen LogP contribution in [0.15, 0.2) is 53.4 Å². The lowest BCUT2D eigenvalue weighted by Crippen LogP contribution is -2.52. The number of carbonyl (C=O) groups is 1. The number of carbonyl (C=O) groups excluding carboxylic acids is 1. The molecule has 1 fully saturated rings. The molecule has 0 aromatic heterocycles. The maximum atomic E-state index is 12.8. The molecule has 174 valence electrons. The number of benzene rings is 2. The number of likely N-dealkylation sites (N-methyl/N-ethyl adjacent to an activating group) is 1. The monoisotopic (exact) mass is 469 g/mol. The molecule has 1 heterocycles. The van der Waals surface area contributed by atoms with Crippen LogP contribution in [0.2, 0.25) is 0 Å². The van der Waals surface area contributed by atoms with Gasteiger partial charge in [0, 0.05) is 32.7 Å². The molecule has 0 spiro atoms. The van der Waals surface area contributed by atoms with Crippen molar-refractivity contribution >= 4 is 15.9 Å². The lowest BCUT2D eigenvalue weighted by molar-refractivity contribution is -0.137. The molecule has 0 bridgehead atoms. The van der Waals surface area contributed by atoms with Crippen molar-refractivity contribution in [3.63, 3.8) is 0 Å². The van der Waals surface area contributed by atoms with Crippen LogP contribution in [0.3, 0.4) is 0 Å². The topological polar surface area (TPSA) is 60.9 Å². The molecule has 1 amide bonds. The smallest absolute Gasteiger partial charge is 0.339 e. The first kappa shape index (κ1) is 24.2. The molecular formula is C22H26F3N3O3S. The summed E-state index contributed by atoms with van der Waals surface area (Å²) in [6, 6.07) is 11.5. The van der Waals surface area contributed by atoms with Crippen LogP contribution in [-0.4, -0.2) is 68.2 Å². The molecule has 6 nitrogen and oxygen atoms in total. The number of alkyl halides is 3. The van der Waals surface area contributed by atoms with Crippen LogP contribution in [-0.2, 0) is 27.5 Å². The Labute approximate surface area is 186 Å². The van der Waals surface area contributed by atoms with Gasteiger partial charge in [-0.1, -0.05) is 29.8 Å². The largest absolute Gasteiger partial charge is 0.416 e. The van der Waals surface area contributed by atoms with Crippen molar-refractivity contribution in [1.29, 1.82) is 0 Å². The number of sulfonamides is 1. The van der Waals surface area contributed by atoms with Gasteiger partial charge in [-0.05, 0) is 43.8 Å². The second-order valence-corrected chi connectivity index (χ2v) is 9.90. The van der Waals surface area contributed by atoms with E-state index in [9.17, 15) is 26.4 Å². The van der Waals surface area contributed by atoms with Crippen molar-refractivity contribution in [3.05, 3.63) is 65.2 Å². The molecule has 0 unspecified atom stereocenters. The Morgan fingerprint density at radius 2 is 1.53 bits per heavy atom. The van der Waals surface area contributed by atoms with Gasteiger partial charge in [0.05, 0.1) is 17.0 Å². The SMILES string of the molecule is Cc1ccc(S(=O)(=O)N2CCN(C(=O)CN(C)Cc3ccc(C(F)(F)F)cc3)CC2)cc1. The van der Waals surface area contributed by atoms with Gasteiger partial charge in [0.25, 0.3) is 0 Å². The molecule has 2 aromatic rings. The van der Waals surface area contributed by atoms with Gasteiger partial charge in [0.15, 0.2) is 0 Å². The van der Waals surface area contributed by atoms with E-state index in [1.165, 1.54) is 16.4 Å². The highest BCUT2D eigenvalue weighted by Crippen LogP contribution is 2.29. The molecule has 3 rings (SSSR count). The van der Waals surface area contributed by atoms with Crippen LogP contribution < -0.4 is 0 Å². The first-order valence-corrected chi connectivity index (χ1v) is 11.6. The summed E-state index contributed by atoms with van der Waals surface area (Å²) in [6.45, 7) is 3.30. The van der Waals surface area contributed by atoms with Gasteiger partial charge >= 0.3 is 6.18 Å². The number of rotatable bonds is 6. The Kier molecular flexibility index (Phi) is 7.26. The number of hydrogen-bond donors (Lipinski definition) is 0. The third-order valence-corrected chi connectivity index (χ3v) is 7.30. The second kappa shape index (κ2) is 9.60. The summed E-state index contributed by atoms with van der Waals surface area (Å²) in [5.41, 5.74) is 0.931. The summed E-state index contributed by atoms with van der Waals surface area (Å²) in [7, 11) is -1.88. The minimum absolute atomic E-state index is 0.0890. The molecular weight excluding hydrogens is 443 g/mol. The van der Waals surface area contributed by atoms with Gasteiger partial charge in [0.1, 0.15) is 0 Å². The van der Waals surface area contributed by atoms with Crippen LogP contribution >= 0.6 is 0 Å². The fourth-order valence-electron chi connectivity index (χ4n) is 3.53. The molecule has 0 aliphatic carbocycles. The Morgan fingerprint density at radius 1 is 0.969 bits per heavy atom. The van der Waals surface area contributed by atoms with Crippen molar-refractivity contribution in [2.24, 2.45) is 0 Å². The van der Waals surface area contributed by atoms with E-state index >= 15 is 0 Å². The van der Waals surface area contributed by atoms with E-state index in [1.807, 2.05) is 6.92 Å². The summed E-state index contributed by atoms with van der Waals surface area (Å²) >= 11 is 0. The highest BCUT2D eigenvalue weighted by atomic mass is 32.2. The molecule has 1 saturated heterocycles. The molecule has 0 saturated carbocycles. The van der Waals surface area contributed by atoms with Crippen LogP contribution in [0, 0.1) is 6.92 Å². The molecule has 10 heteroatoms. The predicted octanol–water partition coefficient (Wildman–Crippen LogP) is 2.98. The van der Waals surface area contributed by atoms with Crippen LogP contribution in [0.5, 0.6) is 0 Å². The fourth-order valence-corrected chi connectivity index (χ4v) is 4.96. The van der Waals surface area contributed by atoms with Gasteiger partial charge in [-0.25, -0.2) is 8.42 Å². The first-order chi connectivity index (χ1) is 15.0. The summed E-state index contributed by atoms with van der Waals surface area (Å²) in [5.74, 6) is -0.146. The normalized spacial score (nSPS) is 15.9. The highest BCUT2D eigenvalue weighted by Gasteiger charge is 2.31. The van der Waals surface area contributed by atoms with Crippen molar-refractivity contribution in [2.75, 3.05) is 39.8 Å². The third-order valence-electron chi connectivity index (χ3n) is 5.39. The van der Waals surface area contributed by atoms with E-state index in [2.05, 4.69) is 0 Å². The number of halogens is 3. The first-order valence-electron chi connectivity index (χ1n) is 10.2. The average Bonchev–Trinajstić information content (AvgIpc) is 2.74. The van der Waals surface area contributed by atoms with E-state index in [0.717, 1.165) is 17.7 Å². The molecule has 0 N–H and O–H groups in total. The van der Waals surface area contributed by atoms with Crippen LogP contribution in [0.4, 0.5) is 13.2 Å². The molecule has 32 heavy (non-hydrogen) atoms. The molecule has 2 aromatic carbocycles. The maximum Gasteiger partial charge on any atom is 0.416 e. The third kappa shape index (κ3) is 5.87. The maximum absolute atomic E-state index is 12.8. The quantitative estimate of drug-likeness (QED) is 0.653. The van der Waals surface area contributed by atoms with Crippen LogP contribution in [0.1, 0.15) is 16.7 Å². The lowest BCUT2D eigenvalue weighted by atomic mass is 10.1. The highest BCUT2D eigenvalue weighted by molar-refractivity contribution is 7.89. The lowest BCUT2D eigenvalue weighted by Gasteiger charge is -2.34. The van der Waals surface area contributed by atoms with Crippen molar-refractivity contribution in [1.82, 2.24) is 14.1 Å². The van der Waals surface area contributed by atoms with E-state index in [1.54, 1.807) is 41.1 Å². The number of amides is 1. The van der Waals surface area contributed by atoms with E-state index in [-0.39, 0.29) is 43.5 Å². The van der Waals surface area contributed by atoms with E-state index in [4.69, 9.17) is 0 Å². The van der Waals surface area contributed by atoms with Gasteiger partial charge in [-0.3, -0.25) is 9.69 Å².